The Morgan fingerprint density at radius 1 is 1.03 bits per heavy atom. The van der Waals surface area contributed by atoms with Crippen molar-refractivity contribution < 1.29 is 19.1 Å². The van der Waals surface area contributed by atoms with Gasteiger partial charge in [-0.05, 0) is 75.1 Å². The summed E-state index contributed by atoms with van der Waals surface area (Å²) in [6.45, 7) is 6.48. The number of nitrogens with zero attached hydrogens (tertiary/aromatic N) is 4. The molecule has 2 amide bonds. The number of benzene rings is 1. The minimum atomic E-state index is -0.0474. The van der Waals surface area contributed by atoms with Crippen molar-refractivity contribution in [2.24, 2.45) is 5.92 Å². The monoisotopic (exact) mass is 548 g/mol. The van der Waals surface area contributed by atoms with Gasteiger partial charge in [0.2, 0.25) is 5.91 Å². The predicted octanol–water partition coefficient (Wildman–Crippen LogP) is 4.97. The zero-order valence-electron chi connectivity index (χ0n) is 22.9. The number of hydrogen-bond acceptors (Lipinski definition) is 6. The quantitative estimate of drug-likeness (QED) is 0.435. The van der Waals surface area contributed by atoms with E-state index in [2.05, 4.69) is 11.4 Å². The van der Waals surface area contributed by atoms with E-state index < -0.39 is 0 Å². The average Bonchev–Trinajstić information content (AvgIpc) is 3.48. The first-order chi connectivity index (χ1) is 18.9. The Morgan fingerprint density at radius 3 is 2.51 bits per heavy atom. The molecule has 0 N–H and O–H groups in total. The molecule has 8 nitrogen and oxygen atoms in total. The molecule has 2 aromatic heterocycles. The lowest BCUT2D eigenvalue weighted by Gasteiger charge is -2.31. The number of hydrogen-bond donors (Lipinski definition) is 0. The van der Waals surface area contributed by atoms with Crippen LogP contribution in [0.4, 0.5) is 0 Å². The van der Waals surface area contributed by atoms with E-state index in [0.29, 0.717) is 37.6 Å². The van der Waals surface area contributed by atoms with Crippen LogP contribution >= 0.6 is 11.3 Å². The third-order valence-electron chi connectivity index (χ3n) is 8.14. The molecule has 1 saturated carbocycles. The van der Waals surface area contributed by atoms with Crippen LogP contribution in [0, 0.1) is 5.92 Å². The van der Waals surface area contributed by atoms with Gasteiger partial charge in [-0.1, -0.05) is 6.42 Å². The number of aromatic nitrogens is 2. The summed E-state index contributed by atoms with van der Waals surface area (Å²) in [7, 11) is 1.66. The van der Waals surface area contributed by atoms with Crippen LogP contribution in [0.3, 0.4) is 0 Å². The van der Waals surface area contributed by atoms with Gasteiger partial charge in [0.1, 0.15) is 0 Å². The van der Waals surface area contributed by atoms with Gasteiger partial charge in [-0.2, -0.15) is 16.4 Å². The van der Waals surface area contributed by atoms with Crippen molar-refractivity contribution in [3.63, 3.8) is 0 Å². The van der Waals surface area contributed by atoms with Gasteiger partial charge in [0.05, 0.1) is 24.6 Å². The molecule has 1 saturated heterocycles. The Morgan fingerprint density at radius 2 is 1.82 bits per heavy atom. The van der Waals surface area contributed by atoms with Gasteiger partial charge in [0.25, 0.3) is 5.91 Å². The minimum absolute atomic E-state index is 0.00212. The molecule has 9 heteroatoms. The number of fused-ring (bicyclic) bond motifs is 3. The van der Waals surface area contributed by atoms with E-state index >= 15 is 0 Å². The summed E-state index contributed by atoms with van der Waals surface area (Å²) < 4.78 is 13.7. The zero-order chi connectivity index (χ0) is 27.1. The van der Waals surface area contributed by atoms with E-state index in [4.69, 9.17) is 14.6 Å². The summed E-state index contributed by atoms with van der Waals surface area (Å²) in [6.07, 6.45) is 5.45. The molecule has 0 radical (unpaired) electrons. The molecule has 0 unspecified atom stereocenters. The van der Waals surface area contributed by atoms with Crippen molar-refractivity contribution in [2.75, 3.05) is 33.3 Å². The number of ether oxygens (including phenoxy) is 2. The van der Waals surface area contributed by atoms with Crippen LogP contribution in [0.5, 0.6) is 11.5 Å². The van der Waals surface area contributed by atoms with Gasteiger partial charge < -0.3 is 19.3 Å². The first kappa shape index (κ1) is 25.9. The van der Waals surface area contributed by atoms with Crippen LogP contribution in [0.1, 0.15) is 61.1 Å². The van der Waals surface area contributed by atoms with Crippen LogP contribution in [0.15, 0.2) is 29.0 Å². The summed E-state index contributed by atoms with van der Waals surface area (Å²) in [5.41, 5.74) is 5.57. The number of rotatable bonds is 6. The number of amides is 2. The van der Waals surface area contributed by atoms with Crippen LogP contribution in [0.2, 0.25) is 0 Å². The Bertz CT molecular complexity index is 1380. The molecule has 3 heterocycles. The lowest BCUT2D eigenvalue weighted by atomic mass is 9.84. The largest absolute Gasteiger partial charge is 0.493 e. The third kappa shape index (κ3) is 4.81. The lowest BCUT2D eigenvalue weighted by Crippen LogP contribution is -2.41. The maximum absolute atomic E-state index is 14.0. The number of methoxy groups -OCH3 is 1. The second-order valence-corrected chi connectivity index (χ2v) is 11.8. The fraction of sp³-hybridized carbons (Fsp3) is 0.500. The highest BCUT2D eigenvalue weighted by molar-refractivity contribution is 7.08. The van der Waals surface area contributed by atoms with Gasteiger partial charge in [0, 0.05) is 48.6 Å². The summed E-state index contributed by atoms with van der Waals surface area (Å²) in [6, 6.07) is 6.14. The Balaban J connectivity index is 1.36. The number of carbonyl (C=O) groups is 2. The summed E-state index contributed by atoms with van der Waals surface area (Å²) in [5, 5.41) is 9.04. The van der Waals surface area contributed by atoms with Crippen molar-refractivity contribution in [2.45, 2.75) is 58.5 Å². The maximum atomic E-state index is 14.0. The fourth-order valence-corrected chi connectivity index (χ4v) is 6.51. The fourth-order valence-electron chi connectivity index (χ4n) is 5.90. The van der Waals surface area contributed by atoms with Gasteiger partial charge in [0.15, 0.2) is 17.2 Å². The van der Waals surface area contributed by atoms with Crippen LogP contribution in [-0.4, -0.2) is 70.8 Å². The van der Waals surface area contributed by atoms with E-state index in [0.717, 1.165) is 72.3 Å². The van der Waals surface area contributed by atoms with Crippen molar-refractivity contribution >= 4 is 23.2 Å². The smallest absolute Gasteiger partial charge is 0.274 e. The van der Waals surface area contributed by atoms with Crippen LogP contribution in [-0.2, 0) is 17.6 Å². The molecular weight excluding hydrogens is 512 g/mol. The predicted molar refractivity (Wildman–Crippen MR) is 151 cm³/mol. The molecule has 39 heavy (non-hydrogen) atoms. The van der Waals surface area contributed by atoms with Crippen molar-refractivity contribution in [1.29, 1.82) is 0 Å². The first-order valence-corrected chi connectivity index (χ1v) is 15.0. The zero-order valence-corrected chi connectivity index (χ0v) is 23.8. The highest BCUT2D eigenvalue weighted by atomic mass is 32.1. The normalized spacial score (nSPS) is 17.3. The van der Waals surface area contributed by atoms with Gasteiger partial charge >= 0.3 is 0 Å². The Labute approximate surface area is 233 Å². The molecule has 0 atom stereocenters. The number of aryl methyl sites for hydroxylation is 1. The molecule has 206 valence electrons. The molecule has 1 aliphatic heterocycles. The number of carbonyl (C=O) groups excluding carboxylic acids is 2. The molecule has 0 bridgehead atoms. The Kier molecular flexibility index (Phi) is 7.10. The topological polar surface area (TPSA) is 76.9 Å². The van der Waals surface area contributed by atoms with Crippen molar-refractivity contribution in [1.82, 2.24) is 19.6 Å². The highest BCUT2D eigenvalue weighted by Gasteiger charge is 2.34. The third-order valence-corrected chi connectivity index (χ3v) is 8.81. The van der Waals surface area contributed by atoms with E-state index in [1.165, 1.54) is 0 Å². The van der Waals surface area contributed by atoms with E-state index in [1.807, 2.05) is 45.8 Å². The van der Waals surface area contributed by atoms with E-state index in [-0.39, 0.29) is 23.8 Å². The lowest BCUT2D eigenvalue weighted by molar-refractivity contribution is -0.138. The Hall–Kier alpha value is -3.33. The molecule has 1 aromatic carbocycles. The van der Waals surface area contributed by atoms with Gasteiger partial charge in [-0.15, -0.1) is 0 Å². The highest BCUT2D eigenvalue weighted by Crippen LogP contribution is 2.43. The summed E-state index contributed by atoms with van der Waals surface area (Å²) >= 11 is 1.61. The minimum Gasteiger partial charge on any atom is -0.493 e. The van der Waals surface area contributed by atoms with E-state index in [9.17, 15) is 9.59 Å². The average molecular weight is 549 g/mol. The number of thiophene rings is 1. The van der Waals surface area contributed by atoms with Gasteiger partial charge in [-0.3, -0.25) is 9.59 Å². The maximum Gasteiger partial charge on any atom is 0.274 e. The molecule has 2 aliphatic carbocycles. The van der Waals surface area contributed by atoms with Crippen molar-refractivity contribution in [3.8, 4) is 28.4 Å². The molecule has 3 aliphatic rings. The van der Waals surface area contributed by atoms with Crippen molar-refractivity contribution in [3.05, 3.63) is 45.8 Å². The standard InChI is InChI=1S/C30H36N4O4S/c1-19(2)38-26-17-24-21(16-25(26)37-3)8-9-23-27(31-34(28(23)24)22-10-15-39-18-22)30(36)33-12-5-11-32(13-14-33)29(35)20-6-4-7-20/h10,15-20H,4-9,11-14H2,1-3H3. The van der Waals surface area contributed by atoms with Crippen LogP contribution in [0.25, 0.3) is 16.9 Å². The summed E-state index contributed by atoms with van der Waals surface area (Å²) in [4.78, 5) is 30.7. The van der Waals surface area contributed by atoms with Gasteiger partial charge in [-0.25, -0.2) is 4.68 Å². The summed E-state index contributed by atoms with van der Waals surface area (Å²) in [5.74, 6) is 1.81. The molecule has 2 fully saturated rings. The SMILES string of the molecule is COc1cc2c(cc1OC(C)C)-c1c(c(C(=O)N3CCCN(C(=O)C4CCC4)CC3)nn1-c1ccsc1)CC2. The molecule has 6 rings (SSSR count). The molecular formula is C30H36N4O4S. The second-order valence-electron chi connectivity index (χ2n) is 11.0. The first-order valence-electron chi connectivity index (χ1n) is 14.0. The molecule has 3 aromatic rings. The second kappa shape index (κ2) is 10.7. The van der Waals surface area contributed by atoms with E-state index in [1.54, 1.807) is 18.4 Å². The van der Waals surface area contributed by atoms with Crippen LogP contribution < -0.4 is 9.47 Å². The molecule has 0 spiro atoms.